The third-order valence-electron chi connectivity index (χ3n) is 2.42. The van der Waals surface area contributed by atoms with Crippen molar-refractivity contribution in [3.63, 3.8) is 0 Å². The van der Waals surface area contributed by atoms with Gasteiger partial charge in [-0.3, -0.25) is 9.47 Å². The van der Waals surface area contributed by atoms with Crippen LogP contribution in [0.4, 0.5) is 52.7 Å². The number of ether oxygens (including phenoxy) is 2. The van der Waals surface area contributed by atoms with Crippen LogP contribution in [0.25, 0.3) is 0 Å². The predicted molar refractivity (Wildman–Crippen MR) is 46.3 cm³/mol. The molecule has 2 nitrogen and oxygen atoms in total. The summed E-state index contributed by atoms with van der Waals surface area (Å²) in [5.41, 5.74) is 0. The van der Waals surface area contributed by atoms with Crippen LogP contribution in [0.3, 0.4) is 0 Å². The number of rotatable bonds is 2. The molecule has 23 heavy (non-hydrogen) atoms. The fourth-order valence-corrected chi connectivity index (χ4v) is 1.62. The molecule has 0 aromatic rings. The first kappa shape index (κ1) is 20.7. The average molecular weight is 415 g/mol. The molecule has 1 aliphatic heterocycles. The molecule has 0 aliphatic carbocycles. The van der Waals surface area contributed by atoms with Crippen LogP contribution in [-0.4, -0.2) is 40.6 Å². The Labute approximate surface area is 127 Å². The molecule has 0 bridgehead atoms. The van der Waals surface area contributed by atoms with Gasteiger partial charge < -0.3 is 0 Å². The quantitative estimate of drug-likeness (QED) is 0.475. The van der Waals surface area contributed by atoms with Gasteiger partial charge in [0.1, 0.15) is 0 Å². The molecule has 138 valence electrons. The van der Waals surface area contributed by atoms with E-state index in [0.717, 1.165) is 0 Å². The Bertz CT molecular complexity index is 437. The molecule has 0 spiro atoms. The zero-order valence-corrected chi connectivity index (χ0v) is 11.1. The fourth-order valence-electron chi connectivity index (χ4n) is 1.33. The molecular formula is C7Cl2F12O2. The van der Waals surface area contributed by atoms with Crippen molar-refractivity contribution in [1.29, 1.82) is 0 Å². The van der Waals surface area contributed by atoms with E-state index in [2.05, 4.69) is 32.7 Å². The van der Waals surface area contributed by atoms with Crippen molar-refractivity contribution in [2.75, 3.05) is 0 Å². The minimum absolute atomic E-state index is 2.56. The van der Waals surface area contributed by atoms with E-state index in [0.29, 0.717) is 0 Å². The first-order chi connectivity index (χ1) is 9.66. The van der Waals surface area contributed by atoms with Gasteiger partial charge in [0.2, 0.25) is 0 Å². The molecule has 0 aromatic carbocycles. The van der Waals surface area contributed by atoms with E-state index in [4.69, 9.17) is 0 Å². The van der Waals surface area contributed by atoms with E-state index in [9.17, 15) is 52.7 Å². The molecule has 0 N–H and O–H groups in total. The molecule has 1 heterocycles. The lowest BCUT2D eigenvalue weighted by Gasteiger charge is -2.40. The van der Waals surface area contributed by atoms with Crippen molar-refractivity contribution in [1.82, 2.24) is 0 Å². The maximum atomic E-state index is 13.2. The van der Waals surface area contributed by atoms with E-state index in [1.54, 1.807) is 0 Å². The van der Waals surface area contributed by atoms with Crippen LogP contribution in [0.5, 0.6) is 0 Å². The van der Waals surface area contributed by atoms with Gasteiger partial charge >= 0.3 is 40.6 Å². The first-order valence-electron chi connectivity index (χ1n) is 4.71. The monoisotopic (exact) mass is 414 g/mol. The molecule has 2 unspecified atom stereocenters. The maximum absolute atomic E-state index is 13.2. The van der Waals surface area contributed by atoms with Crippen molar-refractivity contribution in [2.24, 2.45) is 0 Å². The Kier molecular flexibility index (Phi) is 4.37. The third kappa shape index (κ3) is 2.61. The highest BCUT2D eigenvalue weighted by Crippen LogP contribution is 2.65. The molecule has 1 saturated heterocycles. The SMILES string of the molecule is FC(F)(F)C(F)(F)C1(C(F)(F)C(F)(F)F)OC(F)(Cl)C(F)(Cl)O1. The van der Waals surface area contributed by atoms with Gasteiger partial charge in [-0.15, -0.1) is 0 Å². The highest BCUT2D eigenvalue weighted by molar-refractivity contribution is 6.32. The standard InChI is InChI=1S/C7Cl2F12O2/c8-4(14)5(9,15)23-3(22-4,1(10,11)6(16,17)18)2(12,13)7(19,20)21. The van der Waals surface area contributed by atoms with Crippen molar-refractivity contribution >= 4 is 23.2 Å². The second-order valence-electron chi connectivity index (χ2n) is 4.00. The fraction of sp³-hybridized carbons (Fsp3) is 1.00. The third-order valence-corrected chi connectivity index (χ3v) is 3.16. The maximum Gasteiger partial charge on any atom is 0.459 e. The molecule has 1 aliphatic rings. The highest BCUT2D eigenvalue weighted by atomic mass is 35.5. The summed E-state index contributed by atoms with van der Waals surface area (Å²) in [7, 11) is 0. The van der Waals surface area contributed by atoms with Crippen molar-refractivity contribution in [3.05, 3.63) is 0 Å². The van der Waals surface area contributed by atoms with Crippen molar-refractivity contribution in [2.45, 2.75) is 40.6 Å². The van der Waals surface area contributed by atoms with Gasteiger partial charge in [-0.05, 0) is 23.2 Å². The number of hydrogen-bond donors (Lipinski definition) is 0. The van der Waals surface area contributed by atoms with Gasteiger partial charge in [0, 0.05) is 0 Å². The minimum Gasteiger partial charge on any atom is -0.283 e. The summed E-state index contributed by atoms with van der Waals surface area (Å²) in [6.07, 6.45) is -14.5. The lowest BCUT2D eigenvalue weighted by atomic mass is 9.99. The van der Waals surface area contributed by atoms with Gasteiger partial charge in [0.15, 0.2) is 0 Å². The van der Waals surface area contributed by atoms with E-state index in [1.807, 2.05) is 0 Å². The van der Waals surface area contributed by atoms with Gasteiger partial charge in [-0.2, -0.15) is 52.7 Å². The summed E-state index contributed by atoms with van der Waals surface area (Å²) in [5, 5.41) is -10.5. The number of hydrogen-bond acceptors (Lipinski definition) is 2. The second kappa shape index (κ2) is 4.85. The largest absolute Gasteiger partial charge is 0.459 e. The van der Waals surface area contributed by atoms with Crippen molar-refractivity contribution in [3.8, 4) is 0 Å². The van der Waals surface area contributed by atoms with Crippen LogP contribution >= 0.6 is 23.2 Å². The lowest BCUT2D eigenvalue weighted by Crippen LogP contribution is -2.71. The molecule has 0 radical (unpaired) electrons. The van der Waals surface area contributed by atoms with E-state index in [-0.39, 0.29) is 0 Å². The molecule has 2 atom stereocenters. The Hall–Kier alpha value is -0.340. The summed E-state index contributed by atoms with van der Waals surface area (Å²) in [6, 6.07) is 0. The van der Waals surface area contributed by atoms with Crippen LogP contribution in [0.15, 0.2) is 0 Å². The van der Waals surface area contributed by atoms with Gasteiger partial charge in [0.05, 0.1) is 0 Å². The summed E-state index contributed by atoms with van der Waals surface area (Å²) in [6.45, 7) is 0. The van der Waals surface area contributed by atoms with Crippen LogP contribution in [0.2, 0.25) is 0 Å². The Morgan fingerprint density at radius 3 is 0.957 bits per heavy atom. The number of alkyl halides is 14. The van der Waals surface area contributed by atoms with Gasteiger partial charge in [-0.25, -0.2) is 0 Å². The summed E-state index contributed by atoms with van der Waals surface area (Å²) in [5.74, 6) is -21.2. The van der Waals surface area contributed by atoms with E-state index >= 15 is 0 Å². The molecular weight excluding hydrogens is 415 g/mol. The summed E-state index contributed by atoms with van der Waals surface area (Å²) in [4.78, 5) is 0. The topological polar surface area (TPSA) is 18.5 Å². The average Bonchev–Trinajstić information content (AvgIpc) is 2.43. The Morgan fingerprint density at radius 1 is 0.565 bits per heavy atom. The predicted octanol–water partition coefficient (Wildman–Crippen LogP) is 4.85. The van der Waals surface area contributed by atoms with Gasteiger partial charge in [0.25, 0.3) is 0 Å². The highest BCUT2D eigenvalue weighted by Gasteiger charge is 2.94. The summed E-state index contributed by atoms with van der Waals surface area (Å²) < 4.78 is 158. The summed E-state index contributed by atoms with van der Waals surface area (Å²) >= 11 is 8.47. The lowest BCUT2D eigenvalue weighted by molar-refractivity contribution is -0.484. The zero-order valence-electron chi connectivity index (χ0n) is 9.61. The van der Waals surface area contributed by atoms with Crippen molar-refractivity contribution < 1.29 is 62.2 Å². The molecule has 1 rings (SSSR count). The minimum atomic E-state index is -7.30. The van der Waals surface area contributed by atoms with E-state index < -0.39 is 40.6 Å². The van der Waals surface area contributed by atoms with Crippen LogP contribution in [-0.2, 0) is 9.47 Å². The molecule has 16 heteroatoms. The molecule has 0 aromatic heterocycles. The Balaban J connectivity index is 3.74. The molecule has 1 fully saturated rings. The first-order valence-corrected chi connectivity index (χ1v) is 5.47. The van der Waals surface area contributed by atoms with Crippen LogP contribution in [0, 0.1) is 0 Å². The van der Waals surface area contributed by atoms with E-state index in [1.165, 1.54) is 0 Å². The smallest absolute Gasteiger partial charge is 0.283 e. The number of halogens is 14. The normalized spacial score (nSPS) is 33.1. The molecule has 0 saturated carbocycles. The molecule has 0 amide bonds. The van der Waals surface area contributed by atoms with Crippen LogP contribution < -0.4 is 0 Å². The Morgan fingerprint density at radius 2 is 0.783 bits per heavy atom. The second-order valence-corrected chi connectivity index (χ2v) is 4.97. The van der Waals surface area contributed by atoms with Crippen LogP contribution in [0.1, 0.15) is 0 Å². The van der Waals surface area contributed by atoms with Gasteiger partial charge in [-0.1, -0.05) is 0 Å². The zero-order chi connectivity index (χ0) is 18.9.